The molecule has 5 nitrogen and oxygen atoms in total. The molecule has 0 atom stereocenters. The van der Waals surface area contributed by atoms with Crippen LogP contribution in [0.2, 0.25) is 0 Å². The maximum atomic E-state index is 12.7. The van der Waals surface area contributed by atoms with Crippen LogP contribution in [-0.4, -0.2) is 53.9 Å². The predicted molar refractivity (Wildman–Crippen MR) is 90.9 cm³/mol. The molecule has 0 bridgehead atoms. The van der Waals surface area contributed by atoms with Crippen LogP contribution in [0.25, 0.3) is 0 Å². The van der Waals surface area contributed by atoms with Crippen LogP contribution in [0.15, 0.2) is 35.2 Å². The fourth-order valence-corrected chi connectivity index (χ4v) is 3.16. The van der Waals surface area contributed by atoms with Crippen LogP contribution in [0.3, 0.4) is 0 Å². The number of rotatable bonds is 4. The van der Waals surface area contributed by atoms with Crippen molar-refractivity contribution in [1.29, 1.82) is 0 Å². The van der Waals surface area contributed by atoms with E-state index in [4.69, 9.17) is 4.74 Å². The van der Waals surface area contributed by atoms with Crippen molar-refractivity contribution in [3.63, 3.8) is 0 Å². The van der Waals surface area contributed by atoms with Crippen molar-refractivity contribution < 1.29 is 9.53 Å². The van der Waals surface area contributed by atoms with Gasteiger partial charge in [0.05, 0.1) is 11.2 Å². The van der Waals surface area contributed by atoms with Gasteiger partial charge in [-0.1, -0.05) is 6.07 Å². The molecule has 0 saturated carbocycles. The molecule has 0 radical (unpaired) electrons. The lowest BCUT2D eigenvalue weighted by atomic mass is 10.2. The highest BCUT2D eigenvalue weighted by molar-refractivity contribution is 7.07. The molecule has 122 valence electrons. The van der Waals surface area contributed by atoms with E-state index in [0.717, 1.165) is 38.3 Å². The highest BCUT2D eigenvalue weighted by Crippen LogP contribution is 2.17. The van der Waals surface area contributed by atoms with E-state index in [1.165, 1.54) is 0 Å². The average Bonchev–Trinajstić information content (AvgIpc) is 3.00. The lowest BCUT2D eigenvalue weighted by Crippen LogP contribution is -2.34. The Morgan fingerprint density at radius 1 is 1.30 bits per heavy atom. The molecule has 1 amide bonds. The number of carbonyl (C=O) groups is 1. The SMILES string of the molecule is CN1CCCN(C(=O)c2cccc(OCc3cscn3)c2)CC1. The Labute approximate surface area is 140 Å². The molecule has 1 fully saturated rings. The van der Waals surface area contributed by atoms with Gasteiger partial charge in [0, 0.05) is 30.6 Å². The van der Waals surface area contributed by atoms with E-state index >= 15 is 0 Å². The summed E-state index contributed by atoms with van der Waals surface area (Å²) in [6.45, 7) is 3.98. The van der Waals surface area contributed by atoms with Gasteiger partial charge in [0.1, 0.15) is 12.4 Å². The van der Waals surface area contributed by atoms with Gasteiger partial charge in [-0.25, -0.2) is 4.98 Å². The molecule has 1 aromatic carbocycles. The topological polar surface area (TPSA) is 45.7 Å². The van der Waals surface area contributed by atoms with Gasteiger partial charge in [0.25, 0.3) is 5.91 Å². The van der Waals surface area contributed by atoms with Crippen LogP contribution in [0, 0.1) is 0 Å². The molecule has 6 heteroatoms. The minimum Gasteiger partial charge on any atom is -0.487 e. The van der Waals surface area contributed by atoms with Crippen LogP contribution in [-0.2, 0) is 6.61 Å². The zero-order valence-corrected chi connectivity index (χ0v) is 14.1. The zero-order valence-electron chi connectivity index (χ0n) is 13.3. The Bertz CT molecular complexity index is 645. The van der Waals surface area contributed by atoms with E-state index < -0.39 is 0 Å². The lowest BCUT2D eigenvalue weighted by Gasteiger charge is -2.20. The Kier molecular flexibility index (Phi) is 5.25. The number of aromatic nitrogens is 1. The summed E-state index contributed by atoms with van der Waals surface area (Å²) in [7, 11) is 2.10. The first-order valence-electron chi connectivity index (χ1n) is 7.80. The van der Waals surface area contributed by atoms with Crippen LogP contribution in [0.4, 0.5) is 0 Å². The van der Waals surface area contributed by atoms with Crippen molar-refractivity contribution in [2.45, 2.75) is 13.0 Å². The van der Waals surface area contributed by atoms with Crippen molar-refractivity contribution in [1.82, 2.24) is 14.8 Å². The highest BCUT2D eigenvalue weighted by atomic mass is 32.1. The monoisotopic (exact) mass is 331 g/mol. The maximum absolute atomic E-state index is 12.7. The second-order valence-electron chi connectivity index (χ2n) is 5.75. The van der Waals surface area contributed by atoms with Crippen molar-refractivity contribution in [3.05, 3.63) is 46.4 Å². The second-order valence-corrected chi connectivity index (χ2v) is 6.46. The summed E-state index contributed by atoms with van der Waals surface area (Å²) in [5.74, 6) is 0.787. The highest BCUT2D eigenvalue weighted by Gasteiger charge is 2.19. The Balaban J connectivity index is 1.65. The van der Waals surface area contributed by atoms with Crippen molar-refractivity contribution in [2.75, 3.05) is 33.2 Å². The van der Waals surface area contributed by atoms with Crippen molar-refractivity contribution in [2.24, 2.45) is 0 Å². The third-order valence-corrected chi connectivity index (χ3v) is 4.59. The number of amides is 1. The molecule has 1 saturated heterocycles. The van der Waals surface area contributed by atoms with Crippen molar-refractivity contribution in [3.8, 4) is 5.75 Å². The van der Waals surface area contributed by atoms with E-state index in [2.05, 4.69) is 16.9 Å². The number of hydrogen-bond acceptors (Lipinski definition) is 5. The zero-order chi connectivity index (χ0) is 16.1. The fourth-order valence-electron chi connectivity index (χ4n) is 2.62. The molecule has 23 heavy (non-hydrogen) atoms. The molecule has 2 heterocycles. The van der Waals surface area contributed by atoms with E-state index in [0.29, 0.717) is 17.9 Å². The van der Waals surface area contributed by atoms with Crippen molar-refractivity contribution >= 4 is 17.2 Å². The largest absolute Gasteiger partial charge is 0.487 e. The Hall–Kier alpha value is -1.92. The molecule has 2 aromatic rings. The second kappa shape index (κ2) is 7.57. The normalized spacial score (nSPS) is 16.1. The molecule has 3 rings (SSSR count). The first kappa shape index (κ1) is 16.0. The molecule has 0 spiro atoms. The molecule has 1 aliphatic rings. The number of carbonyl (C=O) groups excluding carboxylic acids is 1. The summed E-state index contributed by atoms with van der Waals surface area (Å²) >= 11 is 1.55. The molecular formula is C17H21N3O2S. The smallest absolute Gasteiger partial charge is 0.254 e. The van der Waals surface area contributed by atoms with Gasteiger partial charge in [-0.2, -0.15) is 0 Å². The number of benzene rings is 1. The summed E-state index contributed by atoms with van der Waals surface area (Å²) < 4.78 is 5.74. The van der Waals surface area contributed by atoms with E-state index in [1.54, 1.807) is 16.8 Å². The third kappa shape index (κ3) is 4.30. The van der Waals surface area contributed by atoms with Gasteiger partial charge in [0.2, 0.25) is 0 Å². The summed E-state index contributed by atoms with van der Waals surface area (Å²) in [6.07, 6.45) is 1.02. The summed E-state index contributed by atoms with van der Waals surface area (Å²) in [5, 5.41) is 1.96. The van der Waals surface area contributed by atoms with Gasteiger partial charge in [-0.15, -0.1) is 11.3 Å². The van der Waals surface area contributed by atoms with E-state index in [1.807, 2.05) is 34.5 Å². The molecule has 0 aliphatic carbocycles. The predicted octanol–water partition coefficient (Wildman–Crippen LogP) is 2.50. The fraction of sp³-hybridized carbons (Fsp3) is 0.412. The number of ether oxygens (including phenoxy) is 1. The molecule has 1 aromatic heterocycles. The first-order chi connectivity index (χ1) is 11.2. The molecule has 0 unspecified atom stereocenters. The van der Waals surface area contributed by atoms with Crippen LogP contribution >= 0.6 is 11.3 Å². The standard InChI is InChI=1S/C17H21N3O2S/c1-19-6-3-7-20(9-8-19)17(21)14-4-2-5-16(10-14)22-11-15-12-23-13-18-15/h2,4-5,10,12-13H,3,6-9,11H2,1H3. The Morgan fingerprint density at radius 2 is 2.22 bits per heavy atom. The Morgan fingerprint density at radius 3 is 3.04 bits per heavy atom. The molecule has 0 N–H and O–H groups in total. The van der Waals surface area contributed by atoms with Gasteiger partial charge >= 0.3 is 0 Å². The van der Waals surface area contributed by atoms with Gasteiger partial charge < -0.3 is 14.5 Å². The number of nitrogens with zero attached hydrogens (tertiary/aromatic N) is 3. The average molecular weight is 331 g/mol. The number of likely N-dealkylation sites (N-methyl/N-ethyl adjacent to an activating group) is 1. The number of hydrogen-bond donors (Lipinski definition) is 0. The maximum Gasteiger partial charge on any atom is 0.254 e. The minimum atomic E-state index is 0.0828. The van der Waals surface area contributed by atoms with E-state index in [-0.39, 0.29) is 5.91 Å². The first-order valence-corrected chi connectivity index (χ1v) is 8.74. The third-order valence-electron chi connectivity index (χ3n) is 3.96. The van der Waals surface area contributed by atoms with Gasteiger partial charge in [-0.3, -0.25) is 4.79 Å². The quantitative estimate of drug-likeness (QED) is 0.863. The van der Waals surface area contributed by atoms with Crippen LogP contribution in [0.1, 0.15) is 22.5 Å². The van der Waals surface area contributed by atoms with Crippen LogP contribution < -0.4 is 4.74 Å². The summed E-state index contributed by atoms with van der Waals surface area (Å²) in [5.41, 5.74) is 3.38. The number of thiazole rings is 1. The van der Waals surface area contributed by atoms with Crippen LogP contribution in [0.5, 0.6) is 5.75 Å². The lowest BCUT2D eigenvalue weighted by molar-refractivity contribution is 0.0762. The summed E-state index contributed by atoms with van der Waals surface area (Å²) in [4.78, 5) is 21.1. The molecule has 1 aliphatic heterocycles. The van der Waals surface area contributed by atoms with Gasteiger partial charge in [-0.05, 0) is 38.2 Å². The minimum absolute atomic E-state index is 0.0828. The van der Waals surface area contributed by atoms with E-state index in [9.17, 15) is 4.79 Å². The van der Waals surface area contributed by atoms with Gasteiger partial charge in [0.15, 0.2) is 0 Å². The summed E-state index contributed by atoms with van der Waals surface area (Å²) in [6, 6.07) is 7.42. The molecular weight excluding hydrogens is 310 g/mol.